The number of hydrogen-bond donors (Lipinski definition) is 4. The molecule has 3 aliphatic rings. The zero-order chi connectivity index (χ0) is 26.2. The Labute approximate surface area is 210 Å². The van der Waals surface area contributed by atoms with E-state index in [1.165, 1.54) is 37.8 Å². The normalized spacial score (nSPS) is 25.6. The number of rotatable bonds is 6. The predicted molar refractivity (Wildman–Crippen MR) is 134 cm³/mol. The Kier molecular flexibility index (Phi) is 11.9. The maximum Gasteiger partial charge on any atom is 0.416 e. The number of fused-ring (bicyclic) bond motifs is 1. The average molecular weight is 511 g/mol. The molecule has 8 nitrogen and oxygen atoms in total. The molecule has 1 saturated heterocycles. The Hall–Kier alpha value is -3.10. The van der Waals surface area contributed by atoms with Gasteiger partial charge in [0.1, 0.15) is 5.84 Å². The molecule has 2 unspecified atom stereocenters. The van der Waals surface area contributed by atoms with Gasteiger partial charge in [-0.15, -0.1) is 0 Å². The Morgan fingerprint density at radius 3 is 2.11 bits per heavy atom. The van der Waals surface area contributed by atoms with E-state index in [1.807, 2.05) is 0 Å². The molecular weight excluding hydrogens is 473 g/mol. The van der Waals surface area contributed by atoms with Gasteiger partial charge in [-0.1, -0.05) is 7.43 Å². The number of carbonyl (C=O) groups is 1. The number of amides is 1. The fraction of sp³-hybridized carbons (Fsp3) is 0.560. The summed E-state index contributed by atoms with van der Waals surface area (Å²) in [5.41, 5.74) is 10.8. The lowest BCUT2D eigenvalue weighted by atomic mass is 9.90. The van der Waals surface area contributed by atoms with Crippen LogP contribution in [-0.2, 0) is 11.0 Å². The molecule has 1 heterocycles. The number of nitrogens with one attached hydrogen (secondary N) is 1. The summed E-state index contributed by atoms with van der Waals surface area (Å²) in [6.07, 6.45) is 2.69. The van der Waals surface area contributed by atoms with Gasteiger partial charge in [0.05, 0.1) is 16.8 Å². The van der Waals surface area contributed by atoms with Crippen molar-refractivity contribution in [3.05, 3.63) is 41.6 Å². The molecule has 36 heavy (non-hydrogen) atoms. The summed E-state index contributed by atoms with van der Waals surface area (Å²) in [6, 6.07) is 5.11. The number of carbonyl (C=O) groups excluding carboxylic acids is 1. The van der Waals surface area contributed by atoms with Crippen molar-refractivity contribution >= 4 is 17.4 Å². The third-order valence-corrected chi connectivity index (χ3v) is 6.67. The maximum absolute atomic E-state index is 12.7. The summed E-state index contributed by atoms with van der Waals surface area (Å²) >= 11 is 0. The SMILES string of the molecule is C.C#N.CO.NC(=O)/C(=C/NC1CCC(N2CC3CC3C2)CC1)C(N)=Nc1ccc(C(F)(F)F)cc1. The Morgan fingerprint density at radius 1 is 1.11 bits per heavy atom. The number of alkyl halides is 3. The number of aliphatic hydroxyl groups is 1. The van der Waals surface area contributed by atoms with E-state index in [0.717, 1.165) is 56.8 Å². The van der Waals surface area contributed by atoms with Crippen molar-refractivity contribution in [2.45, 2.75) is 57.8 Å². The van der Waals surface area contributed by atoms with Crippen LogP contribution in [0.15, 0.2) is 41.0 Å². The molecule has 0 radical (unpaired) electrons. The third-order valence-electron chi connectivity index (χ3n) is 6.67. The van der Waals surface area contributed by atoms with Gasteiger partial charge in [-0.05, 0) is 68.2 Å². The van der Waals surface area contributed by atoms with Crippen molar-refractivity contribution in [3.63, 3.8) is 0 Å². The molecule has 2 saturated carbocycles. The van der Waals surface area contributed by atoms with Crippen LogP contribution in [0, 0.1) is 23.7 Å². The first-order valence-electron chi connectivity index (χ1n) is 11.4. The highest BCUT2D eigenvalue weighted by atomic mass is 19.4. The van der Waals surface area contributed by atoms with Gasteiger partial charge in [0, 0.05) is 45.1 Å². The fourth-order valence-electron chi connectivity index (χ4n) is 4.74. The van der Waals surface area contributed by atoms with Crippen molar-refractivity contribution in [1.29, 1.82) is 5.26 Å². The first-order valence-corrected chi connectivity index (χ1v) is 11.4. The number of likely N-dealkylation sites (tertiary alicyclic amines) is 1. The average Bonchev–Trinajstić information content (AvgIpc) is 3.46. The number of amidine groups is 1. The number of nitrogens with two attached hydrogens (primary N) is 2. The number of piperidine rings is 1. The molecule has 11 heteroatoms. The van der Waals surface area contributed by atoms with Crippen LogP contribution in [-0.4, -0.2) is 54.0 Å². The summed E-state index contributed by atoms with van der Waals surface area (Å²) in [4.78, 5) is 18.5. The van der Waals surface area contributed by atoms with Crippen LogP contribution in [0.4, 0.5) is 18.9 Å². The van der Waals surface area contributed by atoms with Gasteiger partial charge in [0.2, 0.25) is 0 Å². The number of aliphatic hydroxyl groups excluding tert-OH is 1. The van der Waals surface area contributed by atoms with Gasteiger partial charge in [0.25, 0.3) is 5.91 Å². The molecule has 0 spiro atoms. The first kappa shape index (κ1) is 30.9. The summed E-state index contributed by atoms with van der Waals surface area (Å²) in [6.45, 7) is 5.99. The third kappa shape index (κ3) is 8.24. The second-order valence-corrected chi connectivity index (χ2v) is 8.85. The molecule has 0 bridgehead atoms. The van der Waals surface area contributed by atoms with E-state index < -0.39 is 17.6 Å². The van der Waals surface area contributed by atoms with Gasteiger partial charge in [0.15, 0.2) is 0 Å². The lowest BCUT2D eigenvalue weighted by Gasteiger charge is -2.35. The highest BCUT2D eigenvalue weighted by molar-refractivity contribution is 6.20. The smallest absolute Gasteiger partial charge is 0.400 e. The second-order valence-electron chi connectivity index (χ2n) is 8.85. The Bertz CT molecular complexity index is 912. The monoisotopic (exact) mass is 510 g/mol. The zero-order valence-corrected chi connectivity index (χ0v) is 19.7. The predicted octanol–water partition coefficient (Wildman–Crippen LogP) is 3.30. The highest BCUT2D eigenvalue weighted by Crippen LogP contribution is 2.46. The van der Waals surface area contributed by atoms with E-state index in [2.05, 4.69) is 21.8 Å². The van der Waals surface area contributed by atoms with Crippen LogP contribution in [0.25, 0.3) is 0 Å². The number of nitriles is 1. The Balaban J connectivity index is 0.00000123. The van der Waals surface area contributed by atoms with Crippen molar-refractivity contribution < 1.29 is 23.1 Å². The standard InChI is InChI=1S/C22H28F3N5O.CHN.CH4O.CH4/c23-22(24,25)15-1-3-17(4-2-15)29-20(26)19(21(27)31)10-28-16-5-7-18(8-6-16)30-11-13-9-14(13)12-30;2*1-2;/h1-4,10,13-14,16,18,28H,5-9,11-12H2,(H2,26,29)(H2,27,31);1H;2H,1H3;1H4/b19-10+;;;. The van der Waals surface area contributed by atoms with E-state index in [0.29, 0.717) is 6.04 Å². The van der Waals surface area contributed by atoms with Gasteiger partial charge in [-0.3, -0.25) is 9.69 Å². The molecule has 2 atom stereocenters. The van der Waals surface area contributed by atoms with Crippen LogP contribution < -0.4 is 16.8 Å². The number of aliphatic imine (C=N–C) groups is 1. The summed E-state index contributed by atoms with van der Waals surface area (Å²) in [5, 5.41) is 16.7. The molecule has 200 valence electrons. The largest absolute Gasteiger partial charge is 0.416 e. The second kappa shape index (κ2) is 13.8. The van der Waals surface area contributed by atoms with E-state index in [1.54, 1.807) is 0 Å². The molecule has 6 N–H and O–H groups in total. The molecule has 4 rings (SSSR count). The van der Waals surface area contributed by atoms with Crippen molar-refractivity contribution in [2.75, 3.05) is 20.2 Å². The quantitative estimate of drug-likeness (QED) is 0.263. The molecule has 1 amide bonds. The topological polar surface area (TPSA) is 141 Å². The van der Waals surface area contributed by atoms with Crippen LogP contribution in [0.5, 0.6) is 0 Å². The summed E-state index contributed by atoms with van der Waals surface area (Å²) < 4.78 is 38.0. The first-order chi connectivity index (χ1) is 16.7. The van der Waals surface area contributed by atoms with Gasteiger partial charge in [-0.2, -0.15) is 13.2 Å². The van der Waals surface area contributed by atoms with Gasteiger partial charge in [-0.25, -0.2) is 10.3 Å². The van der Waals surface area contributed by atoms with E-state index in [-0.39, 0.29) is 30.6 Å². The molecule has 1 aromatic carbocycles. The van der Waals surface area contributed by atoms with Gasteiger partial charge < -0.3 is 21.9 Å². The molecule has 2 aliphatic carbocycles. The minimum Gasteiger partial charge on any atom is -0.400 e. The van der Waals surface area contributed by atoms with Crippen molar-refractivity contribution in [1.82, 2.24) is 10.2 Å². The van der Waals surface area contributed by atoms with E-state index >= 15 is 0 Å². The molecule has 1 aliphatic heterocycles. The maximum atomic E-state index is 12.7. The van der Waals surface area contributed by atoms with Crippen LogP contribution in [0.2, 0.25) is 0 Å². The summed E-state index contributed by atoms with van der Waals surface area (Å²) in [7, 11) is 1.00. The number of primary amides is 1. The van der Waals surface area contributed by atoms with Crippen LogP contribution >= 0.6 is 0 Å². The van der Waals surface area contributed by atoms with Crippen molar-refractivity contribution in [3.8, 4) is 6.57 Å². The van der Waals surface area contributed by atoms with E-state index in [4.69, 9.17) is 21.8 Å². The van der Waals surface area contributed by atoms with Crippen molar-refractivity contribution in [2.24, 2.45) is 28.3 Å². The van der Waals surface area contributed by atoms with Crippen LogP contribution in [0.3, 0.4) is 0 Å². The number of hydrogen-bond acceptors (Lipinski definition) is 6. The molecule has 3 fully saturated rings. The van der Waals surface area contributed by atoms with E-state index in [9.17, 15) is 18.0 Å². The zero-order valence-electron chi connectivity index (χ0n) is 19.7. The minimum atomic E-state index is -4.43. The lowest BCUT2D eigenvalue weighted by molar-refractivity contribution is -0.137. The fourth-order valence-corrected chi connectivity index (χ4v) is 4.74. The number of halogens is 3. The molecular formula is C25H37F3N6O2. The van der Waals surface area contributed by atoms with Crippen LogP contribution in [0.1, 0.15) is 45.1 Å². The molecule has 1 aromatic rings. The highest BCUT2D eigenvalue weighted by Gasteiger charge is 2.46. The number of benzene rings is 1. The summed E-state index contributed by atoms with van der Waals surface area (Å²) in [5.74, 6) is 0.989. The molecule has 0 aromatic heterocycles. The Morgan fingerprint density at radius 2 is 1.64 bits per heavy atom. The minimum absolute atomic E-state index is 0. The lowest BCUT2D eigenvalue weighted by Crippen LogP contribution is -2.41. The van der Waals surface area contributed by atoms with Gasteiger partial charge >= 0.3 is 6.18 Å². The number of nitrogens with zero attached hydrogens (tertiary/aromatic N) is 3.